The number of carbonyl (C=O) groups excluding carboxylic acids is 1. The molecular formula is C9H11BrClN3O. The molecule has 0 spiro atoms. The minimum absolute atomic E-state index is 0.0985. The third-order valence-electron chi connectivity index (χ3n) is 1.80. The van der Waals surface area contributed by atoms with Gasteiger partial charge in [-0.05, 0) is 28.9 Å². The van der Waals surface area contributed by atoms with Crippen molar-refractivity contribution in [2.75, 3.05) is 12.4 Å². The van der Waals surface area contributed by atoms with Gasteiger partial charge in [-0.1, -0.05) is 11.6 Å². The van der Waals surface area contributed by atoms with Crippen molar-refractivity contribution >= 4 is 39.3 Å². The van der Waals surface area contributed by atoms with Gasteiger partial charge in [-0.2, -0.15) is 0 Å². The van der Waals surface area contributed by atoms with E-state index in [0.29, 0.717) is 10.8 Å². The lowest BCUT2D eigenvalue weighted by Gasteiger charge is -2.13. The van der Waals surface area contributed by atoms with Gasteiger partial charge in [0.05, 0.1) is 9.50 Å². The fraction of sp³-hybridized carbons (Fsp3) is 0.333. The highest BCUT2D eigenvalue weighted by Crippen LogP contribution is 2.23. The van der Waals surface area contributed by atoms with E-state index in [9.17, 15) is 4.79 Å². The van der Waals surface area contributed by atoms with Crippen molar-refractivity contribution in [1.82, 2.24) is 10.3 Å². The fourth-order valence-corrected chi connectivity index (χ4v) is 1.76. The highest BCUT2D eigenvalue weighted by Gasteiger charge is 2.12. The number of rotatable bonds is 3. The topological polar surface area (TPSA) is 54.0 Å². The molecule has 0 aliphatic heterocycles. The molecule has 1 amide bonds. The van der Waals surface area contributed by atoms with Crippen molar-refractivity contribution in [3.63, 3.8) is 0 Å². The van der Waals surface area contributed by atoms with Crippen LogP contribution in [0.5, 0.6) is 0 Å². The zero-order valence-corrected chi connectivity index (χ0v) is 10.7. The van der Waals surface area contributed by atoms with Crippen LogP contribution in [0.25, 0.3) is 0 Å². The third kappa shape index (κ3) is 3.35. The molecule has 0 aliphatic carbocycles. The summed E-state index contributed by atoms with van der Waals surface area (Å²) in [6, 6.07) is 1.37. The number of aromatic nitrogens is 1. The van der Waals surface area contributed by atoms with Crippen molar-refractivity contribution in [2.45, 2.75) is 13.0 Å². The number of hydrogen-bond acceptors (Lipinski definition) is 3. The lowest BCUT2D eigenvalue weighted by atomic mass is 10.3. The Morgan fingerprint density at radius 2 is 2.33 bits per heavy atom. The zero-order chi connectivity index (χ0) is 11.4. The molecule has 0 fully saturated rings. The van der Waals surface area contributed by atoms with Crippen LogP contribution in [0, 0.1) is 0 Å². The Morgan fingerprint density at radius 1 is 1.67 bits per heavy atom. The molecule has 0 saturated carbocycles. The number of amides is 1. The SMILES string of the molecule is CNC(=O)C(C)Nc1ncc(Cl)cc1Br. The first kappa shape index (κ1) is 12.3. The Morgan fingerprint density at radius 3 is 2.87 bits per heavy atom. The number of nitrogens with zero attached hydrogens (tertiary/aromatic N) is 1. The lowest BCUT2D eigenvalue weighted by Crippen LogP contribution is -2.35. The fourth-order valence-electron chi connectivity index (χ4n) is 1.01. The Hall–Kier alpha value is -0.810. The predicted octanol–water partition coefficient (Wildman–Crippen LogP) is 2.04. The summed E-state index contributed by atoms with van der Waals surface area (Å²) in [6.45, 7) is 1.75. The van der Waals surface area contributed by atoms with E-state index in [1.165, 1.54) is 6.20 Å². The van der Waals surface area contributed by atoms with Gasteiger partial charge < -0.3 is 10.6 Å². The van der Waals surface area contributed by atoms with Gasteiger partial charge in [-0.15, -0.1) is 0 Å². The predicted molar refractivity (Wildman–Crippen MR) is 64.1 cm³/mol. The van der Waals surface area contributed by atoms with Gasteiger partial charge in [0, 0.05) is 13.2 Å². The molecule has 0 radical (unpaired) electrons. The van der Waals surface area contributed by atoms with E-state index in [0.717, 1.165) is 4.47 Å². The number of anilines is 1. The largest absolute Gasteiger partial charge is 0.358 e. The Labute approximate surface area is 102 Å². The molecule has 1 atom stereocenters. The Kier molecular flexibility index (Phi) is 4.35. The van der Waals surface area contributed by atoms with Crippen molar-refractivity contribution in [1.29, 1.82) is 0 Å². The first-order valence-electron chi connectivity index (χ1n) is 4.33. The first-order valence-corrected chi connectivity index (χ1v) is 5.51. The lowest BCUT2D eigenvalue weighted by molar-refractivity contribution is -0.121. The average molecular weight is 293 g/mol. The first-order chi connectivity index (χ1) is 7.04. The van der Waals surface area contributed by atoms with Gasteiger partial charge in [-0.25, -0.2) is 4.98 Å². The molecule has 82 valence electrons. The number of halogens is 2. The molecule has 0 saturated heterocycles. The van der Waals surface area contributed by atoms with Gasteiger partial charge in [-0.3, -0.25) is 4.79 Å². The molecule has 1 heterocycles. The van der Waals surface area contributed by atoms with Crippen LogP contribution in [-0.2, 0) is 4.79 Å². The van der Waals surface area contributed by atoms with Crippen LogP contribution in [0.15, 0.2) is 16.7 Å². The molecule has 1 aromatic heterocycles. The highest BCUT2D eigenvalue weighted by atomic mass is 79.9. The summed E-state index contributed by atoms with van der Waals surface area (Å²) in [7, 11) is 1.59. The third-order valence-corrected chi connectivity index (χ3v) is 2.61. The molecule has 2 N–H and O–H groups in total. The normalized spacial score (nSPS) is 12.0. The van der Waals surface area contributed by atoms with E-state index in [1.54, 1.807) is 20.0 Å². The summed E-state index contributed by atoms with van der Waals surface area (Å²) >= 11 is 9.05. The van der Waals surface area contributed by atoms with Crippen molar-refractivity contribution < 1.29 is 4.79 Å². The van der Waals surface area contributed by atoms with Gasteiger partial charge in [0.15, 0.2) is 0 Å². The smallest absolute Gasteiger partial charge is 0.241 e. The molecule has 0 bridgehead atoms. The van der Waals surface area contributed by atoms with E-state index in [1.807, 2.05) is 0 Å². The molecule has 4 nitrogen and oxygen atoms in total. The summed E-state index contributed by atoms with van der Waals surface area (Å²) in [4.78, 5) is 15.3. The number of carbonyl (C=O) groups is 1. The maximum atomic E-state index is 11.3. The molecule has 1 aromatic rings. The van der Waals surface area contributed by atoms with Crippen LogP contribution in [0.4, 0.5) is 5.82 Å². The van der Waals surface area contributed by atoms with Crippen LogP contribution in [0.3, 0.4) is 0 Å². The number of nitrogens with one attached hydrogen (secondary N) is 2. The maximum absolute atomic E-state index is 11.3. The maximum Gasteiger partial charge on any atom is 0.241 e. The van der Waals surface area contributed by atoms with Crippen molar-refractivity contribution in [2.24, 2.45) is 0 Å². The average Bonchev–Trinajstić information content (AvgIpc) is 2.20. The highest BCUT2D eigenvalue weighted by molar-refractivity contribution is 9.10. The molecule has 0 aromatic carbocycles. The van der Waals surface area contributed by atoms with E-state index in [-0.39, 0.29) is 11.9 Å². The van der Waals surface area contributed by atoms with E-state index < -0.39 is 0 Å². The summed E-state index contributed by atoms with van der Waals surface area (Å²) < 4.78 is 0.728. The molecule has 15 heavy (non-hydrogen) atoms. The molecular weight excluding hydrogens is 281 g/mol. The molecule has 6 heteroatoms. The van der Waals surface area contributed by atoms with Gasteiger partial charge in [0.2, 0.25) is 5.91 Å². The van der Waals surface area contributed by atoms with E-state index >= 15 is 0 Å². The van der Waals surface area contributed by atoms with Crippen molar-refractivity contribution in [3.05, 3.63) is 21.8 Å². The van der Waals surface area contributed by atoms with Crippen LogP contribution in [-0.4, -0.2) is 24.0 Å². The minimum Gasteiger partial charge on any atom is -0.358 e. The van der Waals surface area contributed by atoms with Crippen molar-refractivity contribution in [3.8, 4) is 0 Å². The second kappa shape index (κ2) is 5.32. The summed E-state index contributed by atoms with van der Waals surface area (Å²) in [5, 5.41) is 6.05. The van der Waals surface area contributed by atoms with Gasteiger partial charge in [0.25, 0.3) is 0 Å². The van der Waals surface area contributed by atoms with Gasteiger partial charge >= 0.3 is 0 Å². The van der Waals surface area contributed by atoms with Crippen LogP contribution < -0.4 is 10.6 Å². The van der Waals surface area contributed by atoms with Crippen LogP contribution in [0.2, 0.25) is 5.02 Å². The molecule has 1 rings (SSSR count). The standard InChI is InChI=1S/C9H11BrClN3O/c1-5(9(15)12-2)14-8-7(10)3-6(11)4-13-8/h3-5H,1-2H3,(H,12,15)(H,13,14). The number of likely N-dealkylation sites (N-methyl/N-ethyl adjacent to an activating group) is 1. The van der Waals surface area contributed by atoms with E-state index in [2.05, 4.69) is 31.5 Å². The second-order valence-corrected chi connectivity index (χ2v) is 4.26. The second-order valence-electron chi connectivity index (χ2n) is 2.96. The monoisotopic (exact) mass is 291 g/mol. The quantitative estimate of drug-likeness (QED) is 0.896. The minimum atomic E-state index is -0.347. The number of pyridine rings is 1. The molecule has 0 aliphatic rings. The summed E-state index contributed by atoms with van der Waals surface area (Å²) in [5.41, 5.74) is 0. The Bertz CT molecular complexity index is 372. The Balaban J connectivity index is 2.76. The summed E-state index contributed by atoms with van der Waals surface area (Å²) in [6.07, 6.45) is 1.52. The zero-order valence-electron chi connectivity index (χ0n) is 8.34. The van der Waals surface area contributed by atoms with Crippen LogP contribution in [0.1, 0.15) is 6.92 Å². The molecule has 1 unspecified atom stereocenters. The number of hydrogen-bond donors (Lipinski definition) is 2. The van der Waals surface area contributed by atoms with Gasteiger partial charge in [0.1, 0.15) is 11.9 Å². The van der Waals surface area contributed by atoms with Crippen LogP contribution >= 0.6 is 27.5 Å². The summed E-state index contributed by atoms with van der Waals surface area (Å²) in [5.74, 6) is 0.495. The van der Waals surface area contributed by atoms with E-state index in [4.69, 9.17) is 11.6 Å².